The molecule has 0 saturated heterocycles. The molecule has 7 nitrogen and oxygen atoms in total. The van der Waals surface area contributed by atoms with Gasteiger partial charge in [0, 0.05) is 17.0 Å². The van der Waals surface area contributed by atoms with Crippen LogP contribution in [-0.4, -0.2) is 48.0 Å². The number of hydrogen-bond donors (Lipinski definition) is 3. The van der Waals surface area contributed by atoms with Crippen molar-refractivity contribution in [3.05, 3.63) is 47.0 Å². The highest BCUT2D eigenvalue weighted by atomic mass is 35.5. The normalized spacial score (nSPS) is 13.3. The molecule has 182 valence electrons. The van der Waals surface area contributed by atoms with Crippen molar-refractivity contribution in [1.82, 2.24) is 5.32 Å². The van der Waals surface area contributed by atoms with Crippen molar-refractivity contribution in [2.45, 2.75) is 61.5 Å². The fourth-order valence-electron chi connectivity index (χ4n) is 2.88. The molecule has 0 aliphatic rings. The van der Waals surface area contributed by atoms with Gasteiger partial charge in [0.2, 0.25) is 0 Å². The van der Waals surface area contributed by atoms with Crippen molar-refractivity contribution in [2.24, 2.45) is 0 Å². The lowest BCUT2D eigenvalue weighted by atomic mass is 9.94. The third-order valence-electron chi connectivity index (χ3n) is 4.61. The van der Waals surface area contributed by atoms with Crippen molar-refractivity contribution in [1.29, 1.82) is 0 Å². The number of hydrogen-bond acceptors (Lipinski definition) is 7. The molecule has 0 heterocycles. The highest BCUT2D eigenvalue weighted by Crippen LogP contribution is 2.38. The van der Waals surface area contributed by atoms with E-state index < -0.39 is 17.2 Å². The summed E-state index contributed by atoms with van der Waals surface area (Å²) in [7, 11) is 1.54. The van der Waals surface area contributed by atoms with Crippen molar-refractivity contribution in [3.8, 4) is 11.5 Å². The quantitative estimate of drug-likeness (QED) is 0.379. The Morgan fingerprint density at radius 2 is 1.88 bits per heavy atom. The van der Waals surface area contributed by atoms with Crippen molar-refractivity contribution < 1.29 is 29.2 Å². The Morgan fingerprint density at radius 1 is 1.15 bits per heavy atom. The van der Waals surface area contributed by atoms with Gasteiger partial charge in [-0.1, -0.05) is 29.4 Å². The predicted molar refractivity (Wildman–Crippen MR) is 129 cm³/mol. The number of methoxy groups -OCH3 is 1. The fourth-order valence-corrected chi connectivity index (χ4v) is 4.19. The van der Waals surface area contributed by atoms with E-state index in [2.05, 4.69) is 5.32 Å². The summed E-state index contributed by atoms with van der Waals surface area (Å²) in [6, 6.07) is 10.5. The van der Waals surface area contributed by atoms with Gasteiger partial charge in [0.15, 0.2) is 6.79 Å². The number of phenolic OH excluding ortho intramolecular Hbond substituents is 1. The number of aromatic hydroxyl groups is 1. The lowest BCUT2D eigenvalue weighted by molar-refractivity contribution is 0.0406. The summed E-state index contributed by atoms with van der Waals surface area (Å²) >= 11 is 7.93. The Balaban J connectivity index is 2.07. The molecule has 2 aromatic carbocycles. The SMILES string of the molecule is COCOc1ccc(O)cc1Sc1ccc(CC[C@@](C)(CO)NC(=O)OC(C)(C)C)c(Cl)c1. The Morgan fingerprint density at radius 3 is 2.48 bits per heavy atom. The van der Waals surface area contributed by atoms with Gasteiger partial charge in [-0.3, -0.25) is 0 Å². The molecule has 3 N–H and O–H groups in total. The minimum Gasteiger partial charge on any atom is -0.508 e. The largest absolute Gasteiger partial charge is 0.508 e. The van der Waals surface area contributed by atoms with Gasteiger partial charge in [0.1, 0.15) is 17.1 Å². The lowest BCUT2D eigenvalue weighted by Gasteiger charge is -2.30. The van der Waals surface area contributed by atoms with E-state index >= 15 is 0 Å². The van der Waals surface area contributed by atoms with Crippen LogP contribution in [-0.2, 0) is 15.9 Å². The minimum absolute atomic E-state index is 0.0962. The number of benzene rings is 2. The molecule has 0 aromatic heterocycles. The molecule has 0 fully saturated rings. The highest BCUT2D eigenvalue weighted by Gasteiger charge is 2.28. The molecular formula is C24H32ClNO6S. The zero-order chi connectivity index (χ0) is 24.6. The summed E-state index contributed by atoms with van der Waals surface area (Å²) in [5, 5.41) is 23.0. The van der Waals surface area contributed by atoms with Crippen LogP contribution in [0.15, 0.2) is 46.2 Å². The first kappa shape index (κ1) is 27.1. The van der Waals surface area contributed by atoms with Crippen molar-refractivity contribution >= 4 is 29.5 Å². The second-order valence-electron chi connectivity index (χ2n) is 8.88. The summed E-state index contributed by atoms with van der Waals surface area (Å²) < 4.78 is 15.8. The van der Waals surface area contributed by atoms with Crippen molar-refractivity contribution in [2.75, 3.05) is 20.5 Å². The van der Waals surface area contributed by atoms with Gasteiger partial charge >= 0.3 is 6.09 Å². The van der Waals surface area contributed by atoms with Gasteiger partial charge in [-0.2, -0.15) is 0 Å². The summed E-state index contributed by atoms with van der Waals surface area (Å²) in [4.78, 5) is 13.7. The minimum atomic E-state index is -0.853. The van der Waals surface area contributed by atoms with Gasteiger partial charge in [-0.15, -0.1) is 0 Å². The third-order valence-corrected chi connectivity index (χ3v) is 5.99. The van der Waals surface area contributed by atoms with Crippen molar-refractivity contribution in [3.63, 3.8) is 0 Å². The van der Waals surface area contributed by atoms with Gasteiger partial charge in [0.05, 0.1) is 17.0 Å². The molecular weight excluding hydrogens is 466 g/mol. The number of phenols is 1. The molecule has 9 heteroatoms. The Labute approximate surface area is 204 Å². The number of halogens is 1. The number of ether oxygens (including phenoxy) is 3. The smallest absolute Gasteiger partial charge is 0.408 e. The second-order valence-corrected chi connectivity index (χ2v) is 10.4. The number of carbonyl (C=O) groups is 1. The van der Waals surface area contributed by atoms with E-state index in [4.69, 9.17) is 25.8 Å². The fraction of sp³-hybridized carbons (Fsp3) is 0.458. The second kappa shape index (κ2) is 11.8. The molecule has 0 spiro atoms. The maximum Gasteiger partial charge on any atom is 0.408 e. The van der Waals surface area contributed by atoms with Crippen LogP contribution in [0.5, 0.6) is 11.5 Å². The van der Waals surface area contributed by atoms with E-state index in [1.807, 2.05) is 18.2 Å². The van der Waals surface area contributed by atoms with E-state index in [1.165, 1.54) is 18.9 Å². The molecule has 1 amide bonds. The summed E-state index contributed by atoms with van der Waals surface area (Å²) in [6.45, 7) is 6.97. The Hall–Kier alpha value is -2.13. The molecule has 0 saturated carbocycles. The lowest BCUT2D eigenvalue weighted by Crippen LogP contribution is -2.50. The number of aliphatic hydroxyl groups is 1. The standard InChI is InChI=1S/C24H32ClNO6S/c1-23(2,3)32-22(29)26-24(4,14-27)11-10-16-6-8-18(13-19(16)25)33-21-12-17(28)7-9-20(21)31-15-30-5/h6-9,12-13,27-28H,10-11,14-15H2,1-5H3,(H,26,29)/t24-/m0/s1. The number of aryl methyl sites for hydroxylation is 1. The Bertz CT molecular complexity index is 949. The number of nitrogens with one attached hydrogen (secondary N) is 1. The van der Waals surface area contributed by atoms with E-state index in [-0.39, 0.29) is 19.1 Å². The summed E-state index contributed by atoms with van der Waals surface area (Å²) in [6.07, 6.45) is 0.441. The maximum absolute atomic E-state index is 12.1. The van der Waals surface area contributed by atoms with Gasteiger partial charge in [0.25, 0.3) is 0 Å². The topological polar surface area (TPSA) is 97.3 Å². The number of carbonyl (C=O) groups excluding carboxylic acids is 1. The van der Waals surface area contributed by atoms with Crippen LogP contribution in [0.2, 0.25) is 5.02 Å². The van der Waals surface area contributed by atoms with E-state index in [1.54, 1.807) is 45.9 Å². The van der Waals surface area contributed by atoms with Crippen LogP contribution >= 0.6 is 23.4 Å². The van der Waals surface area contributed by atoms with E-state index in [9.17, 15) is 15.0 Å². The van der Waals surface area contributed by atoms with E-state index in [0.717, 1.165) is 15.4 Å². The maximum atomic E-state index is 12.1. The van der Waals surface area contributed by atoms with Crippen LogP contribution in [0.25, 0.3) is 0 Å². The average molecular weight is 498 g/mol. The molecule has 2 aromatic rings. The zero-order valence-electron chi connectivity index (χ0n) is 19.6. The van der Waals surface area contributed by atoms with Crippen LogP contribution in [0.4, 0.5) is 4.79 Å². The highest BCUT2D eigenvalue weighted by molar-refractivity contribution is 7.99. The molecule has 0 radical (unpaired) electrons. The number of aliphatic hydroxyl groups excluding tert-OH is 1. The first-order valence-electron chi connectivity index (χ1n) is 10.5. The first-order chi connectivity index (χ1) is 15.4. The van der Waals surface area contributed by atoms with Gasteiger partial charge < -0.3 is 29.7 Å². The Kier molecular flexibility index (Phi) is 9.72. The molecule has 0 aliphatic carbocycles. The predicted octanol–water partition coefficient (Wildman–Crippen LogP) is 5.39. The average Bonchev–Trinajstić information content (AvgIpc) is 2.71. The van der Waals surface area contributed by atoms with Crippen LogP contribution in [0.1, 0.15) is 39.7 Å². The third kappa shape index (κ3) is 8.97. The van der Waals surface area contributed by atoms with Crippen LogP contribution < -0.4 is 10.1 Å². The molecule has 0 bridgehead atoms. The summed E-state index contributed by atoms with van der Waals surface area (Å²) in [5.41, 5.74) is -0.589. The van der Waals surface area contributed by atoms with Gasteiger partial charge in [-0.05, 0) is 76.4 Å². The monoisotopic (exact) mass is 497 g/mol. The van der Waals surface area contributed by atoms with Crippen LogP contribution in [0.3, 0.4) is 0 Å². The van der Waals surface area contributed by atoms with Gasteiger partial charge in [-0.25, -0.2) is 4.79 Å². The first-order valence-corrected chi connectivity index (χ1v) is 11.7. The number of alkyl carbamates (subject to hydrolysis) is 1. The van der Waals surface area contributed by atoms with E-state index in [0.29, 0.717) is 23.6 Å². The number of rotatable bonds is 10. The molecule has 0 aliphatic heterocycles. The molecule has 0 unspecified atom stereocenters. The zero-order valence-corrected chi connectivity index (χ0v) is 21.2. The summed E-state index contributed by atoms with van der Waals surface area (Å²) in [5.74, 6) is 0.720. The molecule has 2 rings (SSSR count). The molecule has 1 atom stereocenters. The number of amides is 1. The van der Waals surface area contributed by atoms with Crippen LogP contribution in [0, 0.1) is 0 Å². The molecule has 33 heavy (non-hydrogen) atoms.